The second-order valence-corrected chi connectivity index (χ2v) is 8.26. The fraction of sp³-hybridized carbons (Fsp3) is 0.533. The number of rotatable bonds is 5. The third kappa shape index (κ3) is 4.23. The van der Waals surface area contributed by atoms with Gasteiger partial charge in [-0.25, -0.2) is 8.42 Å². The lowest BCUT2D eigenvalue weighted by molar-refractivity contribution is -0.134. The van der Waals surface area contributed by atoms with Crippen LogP contribution in [0.15, 0.2) is 24.3 Å². The number of hydrogen-bond donors (Lipinski definition) is 1. The van der Waals surface area contributed by atoms with Gasteiger partial charge >= 0.3 is 0 Å². The third-order valence-corrected chi connectivity index (χ3v) is 6.18. The Hall–Kier alpha value is -1.15. The lowest BCUT2D eigenvalue weighted by Gasteiger charge is -2.37. The number of carbonyl (C=O) groups excluding carboxylic acids is 1. The highest BCUT2D eigenvalue weighted by Gasteiger charge is 2.31. The number of amides is 1. The van der Waals surface area contributed by atoms with Gasteiger partial charge in [-0.3, -0.25) is 4.79 Å². The van der Waals surface area contributed by atoms with Crippen LogP contribution in [-0.2, 0) is 14.8 Å². The Labute approximate surface area is 142 Å². The number of carbonyl (C=O) groups is 1. The molecule has 1 amide bonds. The van der Waals surface area contributed by atoms with Crippen LogP contribution in [0.5, 0.6) is 0 Å². The molecule has 1 aromatic rings. The summed E-state index contributed by atoms with van der Waals surface area (Å²) in [7, 11) is -1.94. The first-order chi connectivity index (χ1) is 10.9. The molecule has 6 nitrogen and oxygen atoms in total. The Kier molecular flexibility index (Phi) is 6.02. The van der Waals surface area contributed by atoms with Crippen molar-refractivity contribution in [3.63, 3.8) is 0 Å². The van der Waals surface area contributed by atoms with E-state index in [1.54, 1.807) is 17.9 Å². The van der Waals surface area contributed by atoms with Crippen molar-refractivity contribution in [3.05, 3.63) is 34.9 Å². The summed E-state index contributed by atoms with van der Waals surface area (Å²) in [6.07, 6.45) is 0. The molecule has 0 aliphatic carbocycles. The number of piperazine rings is 1. The maximum Gasteiger partial charge on any atom is 0.238 e. The van der Waals surface area contributed by atoms with Gasteiger partial charge in [-0.1, -0.05) is 29.8 Å². The highest BCUT2D eigenvalue weighted by molar-refractivity contribution is 7.89. The quantitative estimate of drug-likeness (QED) is 0.854. The third-order valence-electron chi connectivity index (χ3n) is 4.03. The standard InChI is InChI=1S/C15H22ClN3O3S/c1-3-23(21,22)18(2)11-15(20)19-9-8-17-10-14(19)12-6-4-5-7-13(12)16/h4-7,14,17H,3,8-11H2,1-2H3. The SMILES string of the molecule is CCS(=O)(=O)N(C)CC(=O)N1CCNCC1c1ccccc1Cl. The molecule has 1 N–H and O–H groups in total. The van der Waals surface area contributed by atoms with Gasteiger partial charge in [0, 0.05) is 31.7 Å². The maximum absolute atomic E-state index is 12.6. The minimum atomic E-state index is -3.38. The average Bonchev–Trinajstić information content (AvgIpc) is 2.55. The number of likely N-dealkylation sites (N-methyl/N-ethyl adjacent to an activating group) is 1. The zero-order valence-corrected chi connectivity index (χ0v) is 14.9. The zero-order chi connectivity index (χ0) is 17.0. The zero-order valence-electron chi connectivity index (χ0n) is 13.3. The van der Waals surface area contributed by atoms with Crippen LogP contribution in [0.2, 0.25) is 5.02 Å². The second kappa shape index (κ2) is 7.61. The van der Waals surface area contributed by atoms with Gasteiger partial charge in [0.25, 0.3) is 0 Å². The van der Waals surface area contributed by atoms with Crippen molar-refractivity contribution in [2.75, 3.05) is 39.0 Å². The molecule has 1 aliphatic rings. The van der Waals surface area contributed by atoms with E-state index in [2.05, 4.69) is 5.32 Å². The minimum Gasteiger partial charge on any atom is -0.332 e. The van der Waals surface area contributed by atoms with Crippen LogP contribution < -0.4 is 5.32 Å². The van der Waals surface area contributed by atoms with Gasteiger partial charge in [0.1, 0.15) is 0 Å². The Morgan fingerprint density at radius 1 is 1.43 bits per heavy atom. The average molecular weight is 360 g/mol. The van der Waals surface area contributed by atoms with E-state index in [9.17, 15) is 13.2 Å². The van der Waals surface area contributed by atoms with Crippen molar-refractivity contribution in [3.8, 4) is 0 Å². The lowest BCUT2D eigenvalue weighted by atomic mass is 10.0. The van der Waals surface area contributed by atoms with Crippen molar-refractivity contribution < 1.29 is 13.2 Å². The van der Waals surface area contributed by atoms with Crippen LogP contribution in [0.3, 0.4) is 0 Å². The van der Waals surface area contributed by atoms with E-state index in [4.69, 9.17) is 11.6 Å². The first-order valence-corrected chi connectivity index (χ1v) is 9.54. The number of benzene rings is 1. The van der Waals surface area contributed by atoms with Gasteiger partial charge in [-0.2, -0.15) is 4.31 Å². The topological polar surface area (TPSA) is 69.7 Å². The monoisotopic (exact) mass is 359 g/mol. The molecule has 1 aliphatic heterocycles. The van der Waals surface area contributed by atoms with Crippen LogP contribution in [0.25, 0.3) is 0 Å². The van der Waals surface area contributed by atoms with Crippen molar-refractivity contribution in [2.24, 2.45) is 0 Å². The first-order valence-electron chi connectivity index (χ1n) is 7.55. The molecular formula is C15H22ClN3O3S. The largest absolute Gasteiger partial charge is 0.332 e. The Morgan fingerprint density at radius 3 is 2.78 bits per heavy atom. The summed E-state index contributed by atoms with van der Waals surface area (Å²) in [5, 5.41) is 3.86. The highest BCUT2D eigenvalue weighted by Crippen LogP contribution is 2.28. The van der Waals surface area contributed by atoms with E-state index >= 15 is 0 Å². The summed E-state index contributed by atoms with van der Waals surface area (Å²) >= 11 is 6.26. The molecule has 1 saturated heterocycles. The lowest BCUT2D eigenvalue weighted by Crippen LogP contribution is -2.51. The Morgan fingerprint density at radius 2 is 2.13 bits per heavy atom. The molecule has 0 bridgehead atoms. The number of nitrogens with zero attached hydrogens (tertiary/aromatic N) is 2. The van der Waals surface area contributed by atoms with Crippen molar-refractivity contribution >= 4 is 27.5 Å². The van der Waals surface area contributed by atoms with Gasteiger partial charge in [0.15, 0.2) is 0 Å². The molecule has 0 aromatic heterocycles. The molecule has 1 heterocycles. The summed E-state index contributed by atoms with van der Waals surface area (Å²) in [5.41, 5.74) is 0.871. The van der Waals surface area contributed by atoms with Crippen molar-refractivity contribution in [1.82, 2.24) is 14.5 Å². The van der Waals surface area contributed by atoms with Crippen molar-refractivity contribution in [1.29, 1.82) is 0 Å². The van der Waals surface area contributed by atoms with Gasteiger partial charge in [-0.05, 0) is 18.6 Å². The molecule has 0 saturated carbocycles. The van der Waals surface area contributed by atoms with Crippen molar-refractivity contribution in [2.45, 2.75) is 13.0 Å². The summed E-state index contributed by atoms with van der Waals surface area (Å²) < 4.78 is 24.8. The molecule has 1 atom stereocenters. The van der Waals surface area contributed by atoms with Gasteiger partial charge in [0.2, 0.25) is 15.9 Å². The summed E-state index contributed by atoms with van der Waals surface area (Å²) in [5.74, 6) is -0.234. The molecule has 0 radical (unpaired) electrons. The molecule has 1 fully saturated rings. The second-order valence-electron chi connectivity index (χ2n) is 5.49. The normalized spacial score (nSPS) is 19.1. The first kappa shape index (κ1) is 18.2. The van der Waals surface area contributed by atoms with Crippen LogP contribution in [0.4, 0.5) is 0 Å². The molecule has 23 heavy (non-hydrogen) atoms. The summed E-state index contributed by atoms with van der Waals surface area (Å²) in [6.45, 7) is 3.20. The number of nitrogens with one attached hydrogen (secondary N) is 1. The number of halogens is 1. The van der Waals surface area contributed by atoms with Crippen LogP contribution >= 0.6 is 11.6 Å². The predicted molar refractivity (Wildman–Crippen MR) is 90.9 cm³/mol. The summed E-state index contributed by atoms with van der Waals surface area (Å²) in [4.78, 5) is 14.3. The number of hydrogen-bond acceptors (Lipinski definition) is 4. The minimum absolute atomic E-state index is 0.0216. The Balaban J connectivity index is 2.18. The van der Waals surface area contributed by atoms with Gasteiger partial charge in [-0.15, -0.1) is 0 Å². The molecular weight excluding hydrogens is 338 g/mol. The fourth-order valence-electron chi connectivity index (χ4n) is 2.63. The van der Waals surface area contributed by atoms with Crippen LogP contribution in [0.1, 0.15) is 18.5 Å². The fourth-order valence-corrected chi connectivity index (χ4v) is 3.64. The summed E-state index contributed by atoms with van der Waals surface area (Å²) in [6, 6.07) is 7.22. The predicted octanol–water partition coefficient (Wildman–Crippen LogP) is 1.09. The van der Waals surface area contributed by atoms with E-state index in [1.807, 2.05) is 18.2 Å². The van der Waals surface area contributed by atoms with E-state index in [0.717, 1.165) is 9.87 Å². The molecule has 1 aromatic carbocycles. The van der Waals surface area contributed by atoms with E-state index < -0.39 is 10.0 Å². The maximum atomic E-state index is 12.6. The molecule has 0 spiro atoms. The molecule has 1 unspecified atom stereocenters. The van der Waals surface area contributed by atoms with Crippen LogP contribution in [0, 0.1) is 0 Å². The van der Waals surface area contributed by atoms with Gasteiger partial charge in [0.05, 0.1) is 18.3 Å². The Bertz CT molecular complexity index is 666. The van der Waals surface area contributed by atoms with E-state index in [-0.39, 0.29) is 24.2 Å². The smallest absolute Gasteiger partial charge is 0.238 e. The molecule has 2 rings (SSSR count). The number of sulfonamides is 1. The van der Waals surface area contributed by atoms with Crippen LogP contribution in [-0.4, -0.2) is 62.5 Å². The van der Waals surface area contributed by atoms with E-state index in [0.29, 0.717) is 24.7 Å². The van der Waals surface area contributed by atoms with Gasteiger partial charge < -0.3 is 10.2 Å². The molecule has 128 valence electrons. The highest BCUT2D eigenvalue weighted by atomic mass is 35.5. The molecule has 8 heteroatoms. The van der Waals surface area contributed by atoms with E-state index in [1.165, 1.54) is 7.05 Å².